The Balaban J connectivity index is 2.00. The Morgan fingerprint density at radius 2 is 1.79 bits per heavy atom. The molecular weight excluding hydrogens is 380 g/mol. The van der Waals surface area contributed by atoms with E-state index in [0.717, 1.165) is 35.1 Å². The van der Waals surface area contributed by atoms with Crippen LogP contribution in [0.3, 0.4) is 0 Å². The van der Waals surface area contributed by atoms with Crippen LogP contribution < -0.4 is 0 Å². The van der Waals surface area contributed by atoms with Crippen molar-refractivity contribution in [2.45, 2.75) is 69.4 Å². The number of nitrogens with one attached hydrogen (secondary N) is 1. The average Bonchev–Trinajstić information content (AvgIpc) is 3.15. The molecule has 0 spiro atoms. The fraction of sp³-hybridized carbons (Fsp3) is 0.458. The number of aromatic nitrogens is 2. The van der Waals surface area contributed by atoms with Gasteiger partial charge in [0.15, 0.2) is 9.84 Å². The Kier molecular flexibility index (Phi) is 6.78. The van der Waals surface area contributed by atoms with Crippen LogP contribution in [-0.2, 0) is 9.84 Å². The molecule has 3 aromatic rings. The molecule has 156 valence electrons. The first-order valence-electron chi connectivity index (χ1n) is 10.6. The van der Waals surface area contributed by atoms with E-state index in [2.05, 4.69) is 35.9 Å². The first-order chi connectivity index (χ1) is 13.9. The molecular formula is C24H32N2O2S. The predicted molar refractivity (Wildman–Crippen MR) is 120 cm³/mol. The van der Waals surface area contributed by atoms with Gasteiger partial charge < -0.3 is 4.98 Å². The smallest absolute Gasteiger partial charge is 0.180 e. The minimum Gasteiger partial charge on any atom is -0.343 e. The zero-order valence-corrected chi connectivity index (χ0v) is 18.7. The van der Waals surface area contributed by atoms with Crippen molar-refractivity contribution in [2.75, 3.05) is 0 Å². The van der Waals surface area contributed by atoms with Gasteiger partial charge in [-0.3, -0.25) is 0 Å². The summed E-state index contributed by atoms with van der Waals surface area (Å²) in [6.07, 6.45) is 6.35. The highest BCUT2D eigenvalue weighted by Crippen LogP contribution is 2.35. The molecule has 0 saturated heterocycles. The van der Waals surface area contributed by atoms with Gasteiger partial charge in [0.1, 0.15) is 5.65 Å². The molecule has 3 rings (SSSR count). The van der Waals surface area contributed by atoms with Crippen LogP contribution >= 0.6 is 0 Å². The molecule has 0 amide bonds. The predicted octanol–water partition coefficient (Wildman–Crippen LogP) is 6.09. The summed E-state index contributed by atoms with van der Waals surface area (Å²) in [5, 5.41) is 0.688. The van der Waals surface area contributed by atoms with Crippen molar-refractivity contribution in [1.29, 1.82) is 0 Å². The molecule has 5 heteroatoms. The van der Waals surface area contributed by atoms with Gasteiger partial charge in [0.05, 0.1) is 10.1 Å². The molecule has 4 nitrogen and oxygen atoms in total. The topological polar surface area (TPSA) is 62.8 Å². The average molecular weight is 413 g/mol. The summed E-state index contributed by atoms with van der Waals surface area (Å²) in [5.74, 6) is 0.819. The number of fused-ring (bicyclic) bond motifs is 1. The van der Waals surface area contributed by atoms with E-state index in [1.54, 1.807) is 32.2 Å². The number of benzene rings is 1. The molecule has 2 unspecified atom stereocenters. The van der Waals surface area contributed by atoms with Gasteiger partial charge >= 0.3 is 0 Å². The number of pyridine rings is 1. The molecule has 0 fully saturated rings. The number of H-pyrrole nitrogens is 1. The molecule has 29 heavy (non-hydrogen) atoms. The van der Waals surface area contributed by atoms with E-state index in [4.69, 9.17) is 0 Å². The molecule has 0 aliphatic heterocycles. The van der Waals surface area contributed by atoms with Crippen molar-refractivity contribution in [3.63, 3.8) is 0 Å². The van der Waals surface area contributed by atoms with Gasteiger partial charge in [0, 0.05) is 23.2 Å². The van der Waals surface area contributed by atoms with E-state index in [1.165, 1.54) is 12.8 Å². The van der Waals surface area contributed by atoms with Crippen LogP contribution in [0.15, 0.2) is 53.6 Å². The minimum atomic E-state index is -3.26. The van der Waals surface area contributed by atoms with Gasteiger partial charge in [-0.25, -0.2) is 13.4 Å². The largest absolute Gasteiger partial charge is 0.343 e. The summed E-state index contributed by atoms with van der Waals surface area (Å²) in [4.78, 5) is 8.34. The Hall–Kier alpha value is -2.14. The summed E-state index contributed by atoms with van der Waals surface area (Å²) < 4.78 is 25.0. The minimum absolute atomic E-state index is 0.191. The summed E-state index contributed by atoms with van der Waals surface area (Å²) in [6, 6.07) is 13.7. The standard InChI is InChI=1S/C24H32N2O2S/c1-5-8-18(6-2)15-22(23-16-20-9-7-14-25-24(20)26-23)19-10-12-21(13-11-19)29(27,28)17(3)4/h7,9-14,16-18,22H,5-6,8,15H2,1-4H3,(H,25,26). The van der Waals surface area contributed by atoms with E-state index < -0.39 is 15.1 Å². The highest BCUT2D eigenvalue weighted by molar-refractivity contribution is 7.92. The first-order valence-corrected chi connectivity index (χ1v) is 12.2. The fourth-order valence-electron chi connectivity index (χ4n) is 4.00. The van der Waals surface area contributed by atoms with Gasteiger partial charge in [-0.2, -0.15) is 0 Å². The van der Waals surface area contributed by atoms with Crippen molar-refractivity contribution < 1.29 is 8.42 Å². The number of aromatic amines is 1. The highest BCUT2D eigenvalue weighted by atomic mass is 32.2. The lowest BCUT2D eigenvalue weighted by Gasteiger charge is -2.23. The van der Waals surface area contributed by atoms with Crippen molar-refractivity contribution in [2.24, 2.45) is 5.92 Å². The quantitative estimate of drug-likeness (QED) is 0.462. The van der Waals surface area contributed by atoms with Gasteiger partial charge in [0.2, 0.25) is 0 Å². The first kappa shape index (κ1) is 21.6. The van der Waals surface area contributed by atoms with Crippen molar-refractivity contribution in [3.05, 3.63) is 59.9 Å². The van der Waals surface area contributed by atoms with E-state index in [-0.39, 0.29) is 5.92 Å². The second-order valence-corrected chi connectivity index (χ2v) is 10.7. The van der Waals surface area contributed by atoms with Crippen LogP contribution in [0.1, 0.15) is 70.6 Å². The third-order valence-electron chi connectivity index (χ3n) is 5.86. The van der Waals surface area contributed by atoms with E-state index >= 15 is 0 Å². The van der Waals surface area contributed by atoms with Crippen LogP contribution in [0, 0.1) is 5.92 Å². The summed E-state index contributed by atoms with van der Waals surface area (Å²) in [5.41, 5.74) is 3.19. The van der Waals surface area contributed by atoms with Gasteiger partial charge in [0.25, 0.3) is 0 Å². The lowest BCUT2D eigenvalue weighted by atomic mass is 9.83. The maximum absolute atomic E-state index is 12.5. The zero-order chi connectivity index (χ0) is 21.0. The third kappa shape index (κ3) is 4.72. The summed E-state index contributed by atoms with van der Waals surface area (Å²) >= 11 is 0. The Morgan fingerprint density at radius 3 is 2.38 bits per heavy atom. The van der Waals surface area contributed by atoms with Crippen LogP contribution in [0.25, 0.3) is 11.0 Å². The van der Waals surface area contributed by atoms with Crippen LogP contribution in [0.2, 0.25) is 0 Å². The monoisotopic (exact) mass is 412 g/mol. The van der Waals surface area contributed by atoms with Crippen molar-refractivity contribution in [3.8, 4) is 0 Å². The van der Waals surface area contributed by atoms with Gasteiger partial charge in [-0.05, 0) is 62.1 Å². The molecule has 0 bridgehead atoms. The summed E-state index contributed by atoms with van der Waals surface area (Å²) in [6.45, 7) is 7.93. The maximum atomic E-state index is 12.5. The number of hydrogen-bond acceptors (Lipinski definition) is 3. The SMILES string of the molecule is CCCC(CC)CC(c1ccc(S(=O)(=O)C(C)C)cc1)c1cc2cccnc2[nH]1. The second-order valence-electron chi connectivity index (χ2n) is 8.18. The number of rotatable bonds is 9. The lowest BCUT2D eigenvalue weighted by Crippen LogP contribution is -2.14. The number of hydrogen-bond donors (Lipinski definition) is 1. The highest BCUT2D eigenvalue weighted by Gasteiger charge is 2.23. The molecule has 2 heterocycles. The number of sulfone groups is 1. The molecule has 1 aromatic carbocycles. The van der Waals surface area contributed by atoms with Crippen molar-refractivity contribution >= 4 is 20.9 Å². The molecule has 0 radical (unpaired) electrons. The van der Waals surface area contributed by atoms with Crippen LogP contribution in [-0.4, -0.2) is 23.6 Å². The summed E-state index contributed by atoms with van der Waals surface area (Å²) in [7, 11) is -3.26. The Labute approximate surface area is 174 Å². The van der Waals surface area contributed by atoms with Gasteiger partial charge in [-0.1, -0.05) is 45.2 Å². The van der Waals surface area contributed by atoms with Gasteiger partial charge in [-0.15, -0.1) is 0 Å². The second kappa shape index (κ2) is 9.12. The lowest BCUT2D eigenvalue weighted by molar-refractivity contribution is 0.409. The molecule has 2 aromatic heterocycles. The third-order valence-corrected chi connectivity index (χ3v) is 8.03. The zero-order valence-electron chi connectivity index (χ0n) is 17.9. The van der Waals surface area contributed by atoms with E-state index in [9.17, 15) is 8.42 Å². The molecule has 0 saturated carbocycles. The van der Waals surface area contributed by atoms with E-state index in [0.29, 0.717) is 10.8 Å². The molecule has 0 aliphatic rings. The fourth-order valence-corrected chi connectivity index (χ4v) is 5.06. The van der Waals surface area contributed by atoms with Crippen molar-refractivity contribution in [1.82, 2.24) is 9.97 Å². The van der Waals surface area contributed by atoms with Crippen LogP contribution in [0.5, 0.6) is 0 Å². The molecule has 0 aliphatic carbocycles. The Bertz CT molecular complexity index is 1000. The van der Waals surface area contributed by atoms with E-state index in [1.807, 2.05) is 18.2 Å². The normalized spacial score (nSPS) is 14.4. The Morgan fingerprint density at radius 1 is 1.07 bits per heavy atom. The number of nitrogens with zero attached hydrogens (tertiary/aromatic N) is 1. The van der Waals surface area contributed by atoms with Crippen LogP contribution in [0.4, 0.5) is 0 Å². The maximum Gasteiger partial charge on any atom is 0.180 e. The molecule has 2 atom stereocenters. The molecule has 1 N–H and O–H groups in total.